The molecule has 2 aliphatic heterocycles. The lowest BCUT2D eigenvalue weighted by molar-refractivity contribution is 0.0730. The summed E-state index contributed by atoms with van der Waals surface area (Å²) in [5.74, 6) is 0.314. The number of para-hydroxylation sites is 1. The van der Waals surface area contributed by atoms with Gasteiger partial charge in [-0.15, -0.1) is 0 Å². The van der Waals surface area contributed by atoms with Gasteiger partial charge in [-0.25, -0.2) is 8.42 Å². The second-order valence-corrected chi connectivity index (χ2v) is 9.20. The van der Waals surface area contributed by atoms with Crippen molar-refractivity contribution in [3.8, 4) is 5.75 Å². The molecule has 9 heteroatoms. The standard InChI is InChI=1S/C20H21ClN2O5S/c21-17-6-5-14(29(25,26)23-8-11-27-12-9-23)13-16(17)20(24)22-18-7-10-28-19-4-2-1-3-15(18)19/h1-6,13,18H,7-12H2,(H,22,24). The summed E-state index contributed by atoms with van der Waals surface area (Å²) in [6, 6.07) is 11.5. The van der Waals surface area contributed by atoms with Crippen molar-refractivity contribution >= 4 is 27.5 Å². The molecule has 1 atom stereocenters. The second kappa shape index (κ2) is 8.31. The van der Waals surface area contributed by atoms with Crippen LogP contribution >= 0.6 is 11.6 Å². The molecule has 2 aromatic carbocycles. The van der Waals surface area contributed by atoms with Crippen LogP contribution in [0, 0.1) is 0 Å². The Bertz CT molecular complexity index is 1020. The van der Waals surface area contributed by atoms with Gasteiger partial charge in [-0.2, -0.15) is 4.31 Å². The number of carbonyl (C=O) groups excluding carboxylic acids is 1. The van der Waals surface area contributed by atoms with Gasteiger partial charge in [0.15, 0.2) is 0 Å². The molecule has 2 aromatic rings. The summed E-state index contributed by atoms with van der Waals surface area (Å²) in [7, 11) is -3.72. The van der Waals surface area contributed by atoms with Gasteiger partial charge < -0.3 is 14.8 Å². The van der Waals surface area contributed by atoms with Crippen molar-refractivity contribution < 1.29 is 22.7 Å². The third-order valence-electron chi connectivity index (χ3n) is 5.05. The van der Waals surface area contributed by atoms with E-state index in [1.54, 1.807) is 0 Å². The lowest BCUT2D eigenvalue weighted by Gasteiger charge is -2.27. The van der Waals surface area contributed by atoms with E-state index >= 15 is 0 Å². The third-order valence-corrected chi connectivity index (χ3v) is 7.28. The van der Waals surface area contributed by atoms with Crippen LogP contribution in [0.2, 0.25) is 5.02 Å². The minimum Gasteiger partial charge on any atom is -0.493 e. The predicted molar refractivity (Wildman–Crippen MR) is 108 cm³/mol. The van der Waals surface area contributed by atoms with Crippen LogP contribution in [0.25, 0.3) is 0 Å². The molecule has 29 heavy (non-hydrogen) atoms. The van der Waals surface area contributed by atoms with Gasteiger partial charge in [0.2, 0.25) is 10.0 Å². The highest BCUT2D eigenvalue weighted by molar-refractivity contribution is 7.89. The number of hydrogen-bond acceptors (Lipinski definition) is 5. The molecule has 1 fully saturated rings. The molecule has 0 aliphatic carbocycles. The lowest BCUT2D eigenvalue weighted by Crippen LogP contribution is -2.40. The Balaban J connectivity index is 1.59. The van der Waals surface area contributed by atoms with Crippen molar-refractivity contribution in [3.05, 3.63) is 58.6 Å². The number of sulfonamides is 1. The number of halogens is 1. The maximum Gasteiger partial charge on any atom is 0.253 e. The van der Waals surface area contributed by atoms with E-state index in [1.807, 2.05) is 24.3 Å². The number of morpholine rings is 1. The molecule has 7 nitrogen and oxygen atoms in total. The van der Waals surface area contributed by atoms with Crippen LogP contribution < -0.4 is 10.1 Å². The van der Waals surface area contributed by atoms with Crippen molar-refractivity contribution in [1.82, 2.24) is 9.62 Å². The number of amides is 1. The fraction of sp³-hybridized carbons (Fsp3) is 0.350. The molecule has 2 heterocycles. The maximum atomic E-state index is 12.9. The van der Waals surface area contributed by atoms with Crippen molar-refractivity contribution in [2.45, 2.75) is 17.4 Å². The molecule has 0 saturated carbocycles. The molecule has 154 valence electrons. The number of nitrogens with zero attached hydrogens (tertiary/aromatic N) is 1. The van der Waals surface area contributed by atoms with E-state index in [4.69, 9.17) is 21.1 Å². The van der Waals surface area contributed by atoms with Crippen LogP contribution in [0.15, 0.2) is 47.4 Å². The second-order valence-electron chi connectivity index (χ2n) is 6.86. The number of ether oxygens (including phenoxy) is 2. The summed E-state index contributed by atoms with van der Waals surface area (Å²) in [6.45, 7) is 1.75. The highest BCUT2D eigenvalue weighted by Gasteiger charge is 2.29. The molecule has 0 bridgehead atoms. The van der Waals surface area contributed by atoms with Gasteiger partial charge in [0.1, 0.15) is 5.75 Å². The van der Waals surface area contributed by atoms with Crippen molar-refractivity contribution in [1.29, 1.82) is 0 Å². The third kappa shape index (κ3) is 4.11. The zero-order valence-corrected chi connectivity index (χ0v) is 17.2. The summed E-state index contributed by atoms with van der Waals surface area (Å²) in [5.41, 5.74) is 1.02. The van der Waals surface area contributed by atoms with Crippen LogP contribution in [0.3, 0.4) is 0 Å². The smallest absolute Gasteiger partial charge is 0.253 e. The number of carbonyl (C=O) groups is 1. The van der Waals surface area contributed by atoms with Crippen molar-refractivity contribution in [2.75, 3.05) is 32.9 Å². The molecule has 4 rings (SSSR count). The Morgan fingerprint density at radius 2 is 1.86 bits per heavy atom. The minimum absolute atomic E-state index is 0.0429. The fourth-order valence-corrected chi connectivity index (χ4v) is 5.14. The number of nitrogens with one attached hydrogen (secondary N) is 1. The summed E-state index contributed by atoms with van der Waals surface area (Å²) in [5, 5.41) is 3.16. The van der Waals surface area contributed by atoms with E-state index in [0.717, 1.165) is 11.3 Å². The van der Waals surface area contributed by atoms with E-state index in [2.05, 4.69) is 5.32 Å². The average molecular weight is 437 g/mol. The number of fused-ring (bicyclic) bond motifs is 1. The fourth-order valence-electron chi connectivity index (χ4n) is 3.50. The number of hydrogen-bond donors (Lipinski definition) is 1. The first-order valence-electron chi connectivity index (χ1n) is 9.37. The van der Waals surface area contributed by atoms with E-state index < -0.39 is 15.9 Å². The highest BCUT2D eigenvalue weighted by atomic mass is 35.5. The molecule has 1 N–H and O–H groups in total. The van der Waals surface area contributed by atoms with Gasteiger partial charge in [-0.1, -0.05) is 29.8 Å². The normalized spacial score (nSPS) is 19.8. The first-order chi connectivity index (χ1) is 14.0. The Labute approximate surface area is 174 Å². The Hall–Kier alpha value is -2.13. The van der Waals surface area contributed by atoms with Gasteiger partial charge in [0, 0.05) is 25.1 Å². The largest absolute Gasteiger partial charge is 0.493 e. The van der Waals surface area contributed by atoms with E-state index in [-0.39, 0.29) is 34.6 Å². The van der Waals surface area contributed by atoms with E-state index in [1.165, 1.54) is 22.5 Å². The summed E-state index contributed by atoms with van der Waals surface area (Å²) in [4.78, 5) is 13.0. The lowest BCUT2D eigenvalue weighted by atomic mass is 10.00. The maximum absolute atomic E-state index is 12.9. The van der Waals surface area contributed by atoms with E-state index in [9.17, 15) is 13.2 Å². The zero-order chi connectivity index (χ0) is 20.4. The van der Waals surface area contributed by atoms with E-state index in [0.29, 0.717) is 26.2 Å². The molecule has 0 spiro atoms. The quantitative estimate of drug-likeness (QED) is 0.796. The summed E-state index contributed by atoms with van der Waals surface area (Å²) < 4.78 is 38.0. The number of benzene rings is 2. The van der Waals surface area contributed by atoms with Gasteiger partial charge in [-0.3, -0.25) is 4.79 Å². The van der Waals surface area contributed by atoms with Gasteiger partial charge in [0.05, 0.1) is 41.3 Å². The van der Waals surface area contributed by atoms with Crippen LogP contribution in [0.1, 0.15) is 28.4 Å². The Morgan fingerprint density at radius 1 is 1.10 bits per heavy atom. The van der Waals surface area contributed by atoms with Gasteiger partial charge >= 0.3 is 0 Å². The molecular formula is C20H21ClN2O5S. The SMILES string of the molecule is O=C(NC1CCOc2ccccc21)c1cc(S(=O)(=O)N2CCOCC2)ccc1Cl. The topological polar surface area (TPSA) is 84.9 Å². The monoisotopic (exact) mass is 436 g/mol. The highest BCUT2D eigenvalue weighted by Crippen LogP contribution is 2.32. The van der Waals surface area contributed by atoms with Gasteiger partial charge in [-0.05, 0) is 24.3 Å². The van der Waals surface area contributed by atoms with Crippen LogP contribution in [0.4, 0.5) is 0 Å². The van der Waals surface area contributed by atoms with Crippen molar-refractivity contribution in [2.24, 2.45) is 0 Å². The van der Waals surface area contributed by atoms with Crippen LogP contribution in [0.5, 0.6) is 5.75 Å². The molecule has 1 amide bonds. The van der Waals surface area contributed by atoms with Crippen LogP contribution in [-0.4, -0.2) is 51.5 Å². The Morgan fingerprint density at radius 3 is 2.66 bits per heavy atom. The zero-order valence-electron chi connectivity index (χ0n) is 15.6. The molecule has 2 aliphatic rings. The van der Waals surface area contributed by atoms with Crippen molar-refractivity contribution in [3.63, 3.8) is 0 Å². The molecule has 0 radical (unpaired) electrons. The van der Waals surface area contributed by atoms with Gasteiger partial charge in [0.25, 0.3) is 5.91 Å². The number of rotatable bonds is 4. The summed E-state index contributed by atoms with van der Waals surface area (Å²) in [6.07, 6.45) is 0.617. The predicted octanol–water partition coefficient (Wildman–Crippen LogP) is 2.61. The average Bonchev–Trinajstić information content (AvgIpc) is 2.75. The first-order valence-corrected chi connectivity index (χ1v) is 11.2. The van der Waals surface area contributed by atoms with Crippen LogP contribution in [-0.2, 0) is 14.8 Å². The summed E-state index contributed by atoms with van der Waals surface area (Å²) >= 11 is 6.23. The molecule has 1 unspecified atom stereocenters. The molecule has 1 saturated heterocycles. The minimum atomic E-state index is -3.72. The Kier molecular flexibility index (Phi) is 5.78. The first kappa shape index (κ1) is 20.2. The molecule has 0 aromatic heterocycles. The molecular weight excluding hydrogens is 416 g/mol.